The highest BCUT2D eigenvalue weighted by atomic mass is 33.1. The second-order valence-corrected chi connectivity index (χ2v) is 29.5. The molecule has 76 heavy (non-hydrogen) atoms. The molecule has 5 N–H and O–H groups in total. The van der Waals surface area contributed by atoms with Gasteiger partial charge in [0, 0.05) is 61.6 Å². The first-order chi connectivity index (χ1) is 35.3. The summed E-state index contributed by atoms with van der Waals surface area (Å²) < 4.78 is 44.5. The monoisotopic (exact) mass is 1160 g/mol. The summed E-state index contributed by atoms with van der Waals surface area (Å²) in [7, 11) is 13.4. The van der Waals surface area contributed by atoms with E-state index in [2.05, 4.69) is 0 Å². The average molecular weight is 1160 g/mol. The van der Waals surface area contributed by atoms with Crippen LogP contribution in [0.3, 0.4) is 0 Å². The van der Waals surface area contributed by atoms with Gasteiger partial charge in [0.1, 0.15) is 29.7 Å². The Morgan fingerprint density at radius 3 is 2.20 bits per heavy atom. The molecule has 0 unspecified atom stereocenters. The van der Waals surface area contributed by atoms with Crippen molar-refractivity contribution in [2.24, 2.45) is 23.7 Å². The number of Topliss-reactive ketones (excluding diaryl/α,β-unsaturated/α-hetero) is 1. The summed E-state index contributed by atoms with van der Waals surface area (Å²) >= 11 is 0. The van der Waals surface area contributed by atoms with Crippen molar-refractivity contribution in [3.63, 3.8) is 0 Å². The molecule has 18 nitrogen and oxygen atoms in total. The molecule has 4 heterocycles. The Bertz CT molecular complexity index is 1870. The number of cyclic esters (lactones) is 1. The van der Waals surface area contributed by atoms with Gasteiger partial charge >= 0.3 is 17.9 Å². The van der Waals surface area contributed by atoms with Crippen LogP contribution < -0.4 is 0 Å². The molecule has 0 radical (unpaired) electrons. The molecule has 4 rings (SSSR count). The van der Waals surface area contributed by atoms with Gasteiger partial charge in [-0.3, -0.25) is 19.2 Å². The third-order valence-electron chi connectivity index (χ3n) is 16.3. The number of ether oxygens (including phenoxy) is 7. The lowest BCUT2D eigenvalue weighted by Gasteiger charge is -2.49. The number of unbranched alkanes of at least 4 members (excludes halogenated alkanes) is 1. The molecule has 4 aliphatic heterocycles. The third kappa shape index (κ3) is 18.0. The fraction of sp³-hybridized carbons (Fsp3) is 0.926. The van der Waals surface area contributed by atoms with Crippen LogP contribution in [0.5, 0.6) is 0 Å². The minimum absolute atomic E-state index is 0.00401. The molecule has 0 spiro atoms. The van der Waals surface area contributed by atoms with Crippen LogP contribution >= 0.6 is 43.2 Å². The van der Waals surface area contributed by atoms with E-state index in [1.807, 2.05) is 65.6 Å². The predicted octanol–water partition coefficient (Wildman–Crippen LogP) is 6.99. The van der Waals surface area contributed by atoms with Gasteiger partial charge in [-0.15, -0.1) is 0 Å². The van der Waals surface area contributed by atoms with E-state index in [1.165, 1.54) is 35.6 Å². The number of aliphatic hydroxyl groups is 4. The number of carbonyl (C=O) groups is 4. The Morgan fingerprint density at radius 2 is 1.58 bits per heavy atom. The van der Waals surface area contributed by atoms with Crippen LogP contribution in [-0.2, 0) is 52.3 Å². The van der Waals surface area contributed by atoms with E-state index >= 15 is 0 Å². The average Bonchev–Trinajstić information content (AvgIpc) is 3.33. The molecule has 0 aromatic rings. The van der Waals surface area contributed by atoms with Crippen molar-refractivity contribution in [3.8, 4) is 0 Å². The van der Waals surface area contributed by atoms with Gasteiger partial charge in [0.15, 0.2) is 18.7 Å². The van der Waals surface area contributed by atoms with E-state index in [9.17, 15) is 44.7 Å². The van der Waals surface area contributed by atoms with Gasteiger partial charge in [-0.1, -0.05) is 70.4 Å². The van der Waals surface area contributed by atoms with Gasteiger partial charge in [-0.25, -0.2) is 0 Å². The van der Waals surface area contributed by atoms with Gasteiger partial charge < -0.3 is 68.5 Å². The summed E-state index contributed by atoms with van der Waals surface area (Å²) in [6.45, 7) is 21.6. The van der Waals surface area contributed by atoms with E-state index in [1.54, 1.807) is 63.1 Å². The molecule has 0 amide bonds. The van der Waals surface area contributed by atoms with Gasteiger partial charge in [-0.05, 0) is 128 Å². The summed E-state index contributed by atoms with van der Waals surface area (Å²) in [4.78, 5) is 57.7. The number of ketones is 1. The SMILES string of the molecule is CC[C@H]1OC(=O)[C@H](C)[C@@H](O[C@H]2C[C@@](C)(OC)[C@@H](O)[C@H](C)O2)[C@H](C)[C@@H](O[C@@H]2O[C@H](C)C[C@H](N(C)C)[C@H]2OC(=O)CCCC[C@@H]2CCSSC[C@H](C(=O)O)CC(=O)C(C)(C)SS2)[C@](C)(O)C[C@@H](C)CN(C)[C@H](C)[C@@H](O)[C@]1(C)O. The summed E-state index contributed by atoms with van der Waals surface area (Å²) in [6.07, 6.45) is -5.93. The van der Waals surface area contributed by atoms with Crippen LogP contribution in [-0.4, -0.2) is 206 Å². The first kappa shape index (κ1) is 67.5. The highest BCUT2D eigenvalue weighted by Crippen LogP contribution is 2.45. The van der Waals surface area contributed by atoms with Gasteiger partial charge in [0.25, 0.3) is 0 Å². The second kappa shape index (κ2) is 29.3. The number of nitrogens with zero attached hydrogens (tertiary/aromatic N) is 2. The lowest BCUT2D eigenvalue weighted by Crippen LogP contribution is -2.61. The van der Waals surface area contributed by atoms with Crippen molar-refractivity contribution in [2.45, 2.75) is 248 Å². The number of aliphatic hydroxyl groups excluding tert-OH is 2. The molecule has 4 aliphatic rings. The van der Waals surface area contributed by atoms with Crippen LogP contribution in [0.4, 0.5) is 0 Å². The van der Waals surface area contributed by atoms with Crippen molar-refractivity contribution in [1.29, 1.82) is 0 Å². The highest BCUT2D eigenvalue weighted by molar-refractivity contribution is 8.77. The maximum Gasteiger partial charge on any atom is 0.311 e. The third-order valence-corrected chi connectivity index (χ3v) is 22.7. The van der Waals surface area contributed by atoms with E-state index in [0.717, 1.165) is 25.0 Å². The lowest BCUT2D eigenvalue weighted by molar-refractivity contribution is -0.319. The molecule has 0 aliphatic carbocycles. The largest absolute Gasteiger partial charge is 0.481 e. The van der Waals surface area contributed by atoms with Crippen LogP contribution in [0, 0.1) is 23.7 Å². The van der Waals surface area contributed by atoms with E-state index in [-0.39, 0.29) is 61.2 Å². The van der Waals surface area contributed by atoms with Crippen LogP contribution in [0.2, 0.25) is 0 Å². The number of esters is 2. The van der Waals surface area contributed by atoms with Crippen molar-refractivity contribution >= 4 is 66.9 Å². The first-order valence-electron chi connectivity index (χ1n) is 27.4. The number of likely N-dealkylation sites (N-methyl/N-ethyl adjacent to an activating group) is 2. The Kier molecular flexibility index (Phi) is 26.1. The van der Waals surface area contributed by atoms with Gasteiger partial charge in [-0.2, -0.15) is 0 Å². The van der Waals surface area contributed by atoms with E-state index in [0.29, 0.717) is 25.1 Å². The zero-order valence-corrected chi connectivity index (χ0v) is 51.5. The second-order valence-electron chi connectivity index (χ2n) is 23.7. The molecule has 0 saturated carbocycles. The van der Waals surface area contributed by atoms with Crippen molar-refractivity contribution in [1.82, 2.24) is 9.80 Å². The number of methoxy groups -OCH3 is 1. The summed E-state index contributed by atoms with van der Waals surface area (Å²) in [5.74, 6) is -3.87. The molecular weight excluding hydrogens is 1060 g/mol. The number of carboxylic acids is 1. The molecule has 22 heteroatoms. The first-order valence-corrected chi connectivity index (χ1v) is 32.1. The van der Waals surface area contributed by atoms with Crippen LogP contribution in [0.25, 0.3) is 0 Å². The minimum atomic E-state index is -1.86. The summed E-state index contributed by atoms with van der Waals surface area (Å²) in [5.41, 5.74) is -4.61. The van der Waals surface area contributed by atoms with E-state index < -0.39 is 119 Å². The summed E-state index contributed by atoms with van der Waals surface area (Å²) in [6, 6.07) is -0.948. The highest BCUT2D eigenvalue weighted by Gasteiger charge is 2.53. The van der Waals surface area contributed by atoms with Gasteiger partial charge in [0.05, 0.1) is 58.2 Å². The molecule has 4 saturated heterocycles. The van der Waals surface area contributed by atoms with Crippen molar-refractivity contribution in [2.75, 3.05) is 46.3 Å². The number of carbonyl (C=O) groups excluding carboxylic acids is 3. The Hall–Kier alpha value is -0.960. The molecule has 20 atom stereocenters. The fourth-order valence-corrected chi connectivity index (χ4v) is 16.8. The molecule has 0 aromatic heterocycles. The van der Waals surface area contributed by atoms with Crippen molar-refractivity contribution < 1.29 is 77.9 Å². The smallest absolute Gasteiger partial charge is 0.311 e. The molecule has 442 valence electrons. The quantitative estimate of drug-likeness (QED) is 0.0669. The normalized spacial score (nSPS) is 42.4. The maximum atomic E-state index is 14.6. The number of aliphatic carboxylic acids is 1. The Balaban J connectivity index is 1.67. The lowest BCUT2D eigenvalue weighted by atomic mass is 9.77. The van der Waals surface area contributed by atoms with Crippen LogP contribution in [0.15, 0.2) is 0 Å². The van der Waals surface area contributed by atoms with Crippen LogP contribution in [0.1, 0.15) is 147 Å². The Labute approximate surface area is 469 Å². The molecule has 0 bridgehead atoms. The number of carboxylic acid groups (broad SMARTS) is 1. The number of hydrogen-bond acceptors (Lipinski definition) is 21. The standard InChI is InChI=1S/C54H96N2O16S4/c1-17-40-54(12,65)45(59)34(6)56(15)28-30(2)26-52(10,64)47(32(4)43(33(5)49(63)69-40)71-42-27-53(11,66-16)46(60)35(7)68-42)72-50-44(38(55(13)14)24-31(3)67-50)70-41(58)21-19-18-20-37-22-23-73-74-29-36(48(61)62)25-39(57)51(8,9)76-75-37/h30-38,40,42-47,50,59-60,64-65H,17-29H2,1-16H3,(H,61,62)/t30-,31-,32+,33-,34-,35+,36-,37-,38+,40-,42+,43+,44-,45-,46+,47-,50+,52-,53-,54-/m1/s1. The maximum absolute atomic E-state index is 14.6. The number of hydrogen-bond donors (Lipinski definition) is 5. The molecular formula is C54H96N2O16S4. The molecule has 4 fully saturated rings. The van der Waals surface area contributed by atoms with Gasteiger partial charge in [0.2, 0.25) is 0 Å². The summed E-state index contributed by atoms with van der Waals surface area (Å²) in [5, 5.41) is 57.7. The van der Waals surface area contributed by atoms with Crippen molar-refractivity contribution in [3.05, 3.63) is 0 Å². The molecule has 0 aromatic carbocycles. The number of rotatable bonds is 14. The Morgan fingerprint density at radius 1 is 0.908 bits per heavy atom. The van der Waals surface area contributed by atoms with E-state index in [4.69, 9.17) is 33.2 Å². The predicted molar refractivity (Wildman–Crippen MR) is 300 cm³/mol. The fourth-order valence-electron chi connectivity index (χ4n) is 11.2. The zero-order valence-electron chi connectivity index (χ0n) is 48.3. The minimum Gasteiger partial charge on any atom is -0.481 e. The zero-order chi connectivity index (χ0) is 57.2. The topological polar surface area (TPSA) is 241 Å².